The summed E-state index contributed by atoms with van der Waals surface area (Å²) in [5, 5.41) is -0.402. The van der Waals surface area contributed by atoms with Gasteiger partial charge in [-0.2, -0.15) is 0 Å². The van der Waals surface area contributed by atoms with Crippen molar-refractivity contribution in [2.24, 2.45) is 11.8 Å². The number of rotatable bonds is 5. The number of sulfone groups is 1. The van der Waals surface area contributed by atoms with Gasteiger partial charge in [-0.05, 0) is 46.2 Å². The van der Waals surface area contributed by atoms with Gasteiger partial charge in [-0.25, -0.2) is 18.0 Å². The Labute approximate surface area is 241 Å². The second-order valence-corrected chi connectivity index (χ2v) is 13.4. The predicted molar refractivity (Wildman–Crippen MR) is 149 cm³/mol. The lowest BCUT2D eigenvalue weighted by molar-refractivity contribution is -0.169. The van der Waals surface area contributed by atoms with Crippen molar-refractivity contribution in [3.63, 3.8) is 0 Å². The van der Waals surface area contributed by atoms with Gasteiger partial charge in [0.15, 0.2) is 9.84 Å². The maximum atomic E-state index is 13.1. The fraction of sp³-hybridized carbons (Fsp3) is 0.290. The van der Waals surface area contributed by atoms with Crippen molar-refractivity contribution >= 4 is 33.7 Å². The zero-order valence-corrected chi connectivity index (χ0v) is 23.2. The first kappa shape index (κ1) is 26.4. The fourth-order valence-electron chi connectivity index (χ4n) is 6.83. The number of ether oxygens (including phenoxy) is 1. The van der Waals surface area contributed by atoms with E-state index >= 15 is 0 Å². The molecule has 42 heavy (non-hydrogen) atoms. The molecule has 2 saturated heterocycles. The summed E-state index contributed by atoms with van der Waals surface area (Å²) in [4.78, 5) is 57.5. The number of benzene rings is 3. The van der Waals surface area contributed by atoms with Crippen LogP contribution in [0.1, 0.15) is 44.2 Å². The van der Waals surface area contributed by atoms with E-state index in [4.69, 9.17) is 9.57 Å². The molecule has 0 N–H and O–H groups in total. The summed E-state index contributed by atoms with van der Waals surface area (Å²) in [6, 6.07) is 22.1. The maximum absolute atomic E-state index is 13.1. The van der Waals surface area contributed by atoms with Crippen molar-refractivity contribution in [2.45, 2.75) is 17.6 Å². The number of hydrogen-bond acceptors (Lipinski definition) is 8. The number of fused-ring (bicyclic) bond motifs is 5. The zero-order valence-electron chi connectivity index (χ0n) is 22.3. The molecule has 7 rings (SSSR count). The summed E-state index contributed by atoms with van der Waals surface area (Å²) in [6.45, 7) is 0.209. The predicted octanol–water partition coefficient (Wildman–Crippen LogP) is 3.43. The first-order chi connectivity index (χ1) is 20.2. The number of amides is 3. The Hall–Kier alpha value is -4.51. The molecule has 214 valence electrons. The lowest BCUT2D eigenvalue weighted by Gasteiger charge is -2.21. The van der Waals surface area contributed by atoms with Crippen LogP contribution in [0.5, 0.6) is 0 Å². The lowest BCUT2D eigenvalue weighted by atomic mass is 9.90. The molecule has 1 aliphatic carbocycles. The monoisotopic (exact) mass is 586 g/mol. The van der Waals surface area contributed by atoms with Crippen LogP contribution in [0.4, 0.5) is 4.79 Å². The average Bonchev–Trinajstić information content (AvgIpc) is 3.70. The van der Waals surface area contributed by atoms with Gasteiger partial charge in [0.1, 0.15) is 6.61 Å². The van der Waals surface area contributed by atoms with E-state index in [0.29, 0.717) is 5.06 Å². The molecule has 4 aliphatic rings. The first-order valence-electron chi connectivity index (χ1n) is 13.7. The molecule has 3 atom stereocenters. The highest BCUT2D eigenvalue weighted by molar-refractivity contribution is 7.92. The molecule has 11 heteroatoms. The van der Waals surface area contributed by atoms with Crippen molar-refractivity contribution in [3.8, 4) is 11.1 Å². The summed E-state index contributed by atoms with van der Waals surface area (Å²) in [5.41, 5.74) is 4.62. The SMILES string of the molecule is O=C(C[C@H]1CS(=O)(=O)[C@@H]2CN(C(=O)OCC3c4ccccc4-c4ccccc43)C[C@H]12)ON1C(=O)c2ccccc2C1=O. The normalized spacial score (nSPS) is 23.4. The molecule has 3 aromatic rings. The van der Waals surface area contributed by atoms with Crippen LogP contribution in [0.15, 0.2) is 72.8 Å². The van der Waals surface area contributed by atoms with Crippen molar-refractivity contribution in [2.75, 3.05) is 25.4 Å². The molecule has 2 fully saturated rings. The third-order valence-corrected chi connectivity index (χ3v) is 11.1. The number of nitrogens with zero attached hydrogens (tertiary/aromatic N) is 2. The average molecular weight is 587 g/mol. The number of imide groups is 1. The maximum Gasteiger partial charge on any atom is 0.409 e. The third kappa shape index (κ3) is 4.18. The molecule has 3 heterocycles. The molecule has 3 aromatic carbocycles. The number of likely N-dealkylation sites (tertiary alicyclic amines) is 1. The highest BCUT2D eigenvalue weighted by Gasteiger charge is 2.54. The molecule has 0 radical (unpaired) electrons. The minimum atomic E-state index is -3.59. The van der Waals surface area contributed by atoms with Crippen LogP contribution in [-0.2, 0) is 24.2 Å². The fourth-order valence-corrected chi connectivity index (χ4v) is 9.28. The second-order valence-electron chi connectivity index (χ2n) is 11.1. The summed E-state index contributed by atoms with van der Waals surface area (Å²) in [5.74, 6) is -3.87. The first-order valence-corrected chi connectivity index (χ1v) is 15.4. The molecule has 0 saturated carbocycles. The van der Waals surface area contributed by atoms with E-state index in [1.807, 2.05) is 48.5 Å². The Morgan fingerprint density at radius 3 is 1.93 bits per heavy atom. The van der Waals surface area contributed by atoms with Crippen molar-refractivity contribution in [3.05, 3.63) is 95.1 Å². The Morgan fingerprint density at radius 1 is 0.786 bits per heavy atom. The molecule has 10 nitrogen and oxygen atoms in total. The third-order valence-electron chi connectivity index (χ3n) is 8.80. The summed E-state index contributed by atoms with van der Waals surface area (Å²) in [7, 11) is -3.59. The Morgan fingerprint density at radius 2 is 1.33 bits per heavy atom. The molecular formula is C31H26N2O8S. The number of carbonyl (C=O) groups is 4. The highest BCUT2D eigenvalue weighted by atomic mass is 32.2. The summed E-state index contributed by atoms with van der Waals surface area (Å²) >= 11 is 0. The van der Waals surface area contributed by atoms with Gasteiger partial charge in [-0.3, -0.25) is 9.59 Å². The van der Waals surface area contributed by atoms with Crippen LogP contribution in [0.3, 0.4) is 0 Å². The standard InChI is InChI=1S/C31H26N2O8S/c34-28(41-33-29(35)23-11-5-6-12-24(23)30(33)36)13-18-17-42(38,39)27-15-32(14-25(18)27)31(37)40-16-26-21-9-3-1-7-19(21)20-8-2-4-10-22(20)26/h1-12,18,25-27H,13-17H2/t18-,25+,27+/m0/s1. The lowest BCUT2D eigenvalue weighted by Crippen LogP contribution is -2.35. The van der Waals surface area contributed by atoms with Gasteiger partial charge in [0.05, 0.1) is 28.6 Å². The van der Waals surface area contributed by atoms with E-state index in [1.165, 1.54) is 17.0 Å². The molecule has 3 aliphatic heterocycles. The highest BCUT2D eigenvalue weighted by Crippen LogP contribution is 2.45. The quantitative estimate of drug-likeness (QED) is 0.416. The second kappa shape index (κ2) is 9.80. The van der Waals surface area contributed by atoms with E-state index in [2.05, 4.69) is 0 Å². The van der Waals surface area contributed by atoms with Gasteiger partial charge in [-0.1, -0.05) is 65.7 Å². The van der Waals surface area contributed by atoms with Gasteiger partial charge >= 0.3 is 12.1 Å². The Kier molecular flexibility index (Phi) is 6.16. The van der Waals surface area contributed by atoms with Crippen LogP contribution in [0, 0.1) is 11.8 Å². The Balaban J connectivity index is 1.00. The van der Waals surface area contributed by atoms with Gasteiger partial charge in [0.25, 0.3) is 11.8 Å². The molecule has 0 unspecified atom stereocenters. The molecular weight excluding hydrogens is 560 g/mol. The minimum absolute atomic E-state index is 0.0202. The van der Waals surface area contributed by atoms with Crippen LogP contribution < -0.4 is 0 Å². The van der Waals surface area contributed by atoms with E-state index in [9.17, 15) is 27.6 Å². The van der Waals surface area contributed by atoms with Crippen molar-refractivity contribution in [1.82, 2.24) is 9.96 Å². The largest absolute Gasteiger partial charge is 0.448 e. The summed E-state index contributed by atoms with van der Waals surface area (Å²) in [6.07, 6.45) is -0.916. The molecule has 3 amide bonds. The van der Waals surface area contributed by atoms with Crippen LogP contribution >= 0.6 is 0 Å². The number of hydroxylamine groups is 2. The smallest absolute Gasteiger partial charge is 0.409 e. The van der Waals surface area contributed by atoms with Crippen LogP contribution in [0.2, 0.25) is 0 Å². The summed E-state index contributed by atoms with van der Waals surface area (Å²) < 4.78 is 31.7. The van der Waals surface area contributed by atoms with E-state index < -0.39 is 50.8 Å². The molecule has 0 spiro atoms. The van der Waals surface area contributed by atoms with Crippen LogP contribution in [-0.4, -0.2) is 73.0 Å². The van der Waals surface area contributed by atoms with E-state index in [0.717, 1.165) is 22.3 Å². The van der Waals surface area contributed by atoms with E-state index in [1.54, 1.807) is 12.1 Å². The van der Waals surface area contributed by atoms with Crippen molar-refractivity contribution in [1.29, 1.82) is 0 Å². The van der Waals surface area contributed by atoms with Gasteiger partial charge < -0.3 is 14.5 Å². The topological polar surface area (TPSA) is 127 Å². The van der Waals surface area contributed by atoms with Gasteiger partial charge in [0.2, 0.25) is 0 Å². The molecule has 0 aromatic heterocycles. The zero-order chi connectivity index (χ0) is 29.2. The number of carbonyl (C=O) groups excluding carboxylic acids is 4. The molecule has 0 bridgehead atoms. The van der Waals surface area contributed by atoms with E-state index in [-0.39, 0.29) is 48.9 Å². The minimum Gasteiger partial charge on any atom is -0.448 e. The van der Waals surface area contributed by atoms with Gasteiger partial charge in [-0.15, -0.1) is 0 Å². The number of hydrogen-bond donors (Lipinski definition) is 0. The van der Waals surface area contributed by atoms with Crippen LogP contribution in [0.25, 0.3) is 11.1 Å². The Bertz CT molecular complexity index is 1690. The van der Waals surface area contributed by atoms with Crippen molar-refractivity contribution < 1.29 is 37.2 Å². The van der Waals surface area contributed by atoms with Gasteiger partial charge in [0, 0.05) is 19.0 Å².